The van der Waals surface area contributed by atoms with Gasteiger partial charge in [-0.3, -0.25) is 9.36 Å². The Morgan fingerprint density at radius 3 is 2.21 bits per heavy atom. The maximum absolute atomic E-state index is 12.8. The summed E-state index contributed by atoms with van der Waals surface area (Å²) >= 11 is 13.6. The number of aryl methyl sites for hydroxylation is 2. The Kier molecular flexibility index (Phi) is 8.49. The highest BCUT2D eigenvalue weighted by Gasteiger charge is 2.23. The number of sulfonamides is 1. The smallest absolute Gasteiger partial charge is 0.242 e. The third-order valence-electron chi connectivity index (χ3n) is 5.73. The first kappa shape index (κ1) is 28.1. The summed E-state index contributed by atoms with van der Waals surface area (Å²) in [6, 6.07) is 17.4. The van der Waals surface area contributed by atoms with Gasteiger partial charge in [0.2, 0.25) is 15.9 Å². The number of thioether (sulfide) groups is 1. The number of amides is 1. The number of hydrogen-bond acceptors (Lipinski definition) is 6. The number of carbonyl (C=O) groups excluding carboxylic acids is 1. The van der Waals surface area contributed by atoms with Gasteiger partial charge in [0.15, 0.2) is 11.0 Å². The van der Waals surface area contributed by atoms with Crippen LogP contribution in [0.1, 0.15) is 11.1 Å². The maximum Gasteiger partial charge on any atom is 0.242 e. The van der Waals surface area contributed by atoms with Crippen molar-refractivity contribution in [3.63, 3.8) is 0 Å². The highest BCUT2D eigenvalue weighted by atomic mass is 35.5. The Labute approximate surface area is 236 Å². The van der Waals surface area contributed by atoms with Gasteiger partial charge in [0.1, 0.15) is 0 Å². The molecular formula is C26H25Cl2N5O3S2. The fraction of sp³-hybridized carbons (Fsp3) is 0.192. The van der Waals surface area contributed by atoms with E-state index in [2.05, 4.69) is 15.5 Å². The predicted molar refractivity (Wildman–Crippen MR) is 153 cm³/mol. The maximum atomic E-state index is 12.8. The molecule has 0 aliphatic heterocycles. The van der Waals surface area contributed by atoms with E-state index in [0.29, 0.717) is 32.3 Å². The lowest BCUT2D eigenvalue weighted by molar-refractivity contribution is -0.113. The largest absolute Gasteiger partial charge is 0.323 e. The van der Waals surface area contributed by atoms with E-state index >= 15 is 0 Å². The standard InChI is InChI=1S/C26H25Cl2N5O3S2/c1-16-8-5-9-17(2)24(16)33-25(18-10-6-11-19(14-18)38(35,36)32(3)4)30-31-26(33)37-15-22(34)29-23-20(27)12-7-13-21(23)28/h5-14H,15H2,1-4H3,(H,29,34). The summed E-state index contributed by atoms with van der Waals surface area (Å²) in [5, 5.41) is 12.7. The first-order valence-electron chi connectivity index (χ1n) is 11.4. The Bertz CT molecular complexity index is 1580. The lowest BCUT2D eigenvalue weighted by Crippen LogP contribution is -2.22. The summed E-state index contributed by atoms with van der Waals surface area (Å²) in [5.74, 6) is 0.150. The zero-order chi connectivity index (χ0) is 27.6. The first-order chi connectivity index (χ1) is 18.0. The molecule has 0 spiro atoms. The molecule has 0 saturated carbocycles. The van der Waals surface area contributed by atoms with Crippen molar-refractivity contribution >= 4 is 56.6 Å². The van der Waals surface area contributed by atoms with Crippen LogP contribution in [0.3, 0.4) is 0 Å². The number of benzene rings is 3. The molecule has 8 nitrogen and oxygen atoms in total. The van der Waals surface area contributed by atoms with E-state index in [0.717, 1.165) is 21.1 Å². The molecule has 3 aromatic carbocycles. The lowest BCUT2D eigenvalue weighted by Gasteiger charge is -2.16. The number of halogens is 2. The molecule has 0 fully saturated rings. The van der Waals surface area contributed by atoms with Crippen molar-refractivity contribution in [3.8, 4) is 17.1 Å². The number of aromatic nitrogens is 3. The molecule has 38 heavy (non-hydrogen) atoms. The van der Waals surface area contributed by atoms with Gasteiger partial charge in [-0.1, -0.05) is 71.4 Å². The molecule has 1 N–H and O–H groups in total. The van der Waals surface area contributed by atoms with E-state index in [9.17, 15) is 13.2 Å². The summed E-state index contributed by atoms with van der Waals surface area (Å²) in [7, 11) is -0.691. The van der Waals surface area contributed by atoms with Gasteiger partial charge in [-0.2, -0.15) is 0 Å². The van der Waals surface area contributed by atoms with Crippen molar-refractivity contribution in [2.75, 3.05) is 25.2 Å². The minimum atomic E-state index is -3.66. The average molecular weight is 591 g/mol. The van der Waals surface area contributed by atoms with Crippen LogP contribution in [0.15, 0.2) is 70.7 Å². The monoisotopic (exact) mass is 589 g/mol. The van der Waals surface area contributed by atoms with Crippen LogP contribution < -0.4 is 5.32 Å². The summed E-state index contributed by atoms with van der Waals surface area (Å²) in [4.78, 5) is 12.9. The van der Waals surface area contributed by atoms with Gasteiger partial charge in [-0.05, 0) is 49.2 Å². The van der Waals surface area contributed by atoms with Crippen molar-refractivity contribution < 1.29 is 13.2 Å². The molecule has 4 rings (SSSR count). The summed E-state index contributed by atoms with van der Waals surface area (Å²) in [6.07, 6.45) is 0. The molecule has 1 heterocycles. The van der Waals surface area contributed by atoms with E-state index in [4.69, 9.17) is 23.2 Å². The zero-order valence-electron chi connectivity index (χ0n) is 21.1. The third kappa shape index (κ3) is 5.74. The number of rotatable bonds is 8. The van der Waals surface area contributed by atoms with Crippen molar-refractivity contribution in [2.24, 2.45) is 0 Å². The van der Waals surface area contributed by atoms with Crippen molar-refractivity contribution in [3.05, 3.63) is 81.8 Å². The molecule has 4 aromatic rings. The zero-order valence-corrected chi connectivity index (χ0v) is 24.2. The Hall–Kier alpha value is -2.89. The van der Waals surface area contributed by atoms with Gasteiger partial charge in [-0.15, -0.1) is 10.2 Å². The van der Waals surface area contributed by atoms with Gasteiger partial charge < -0.3 is 5.32 Å². The molecule has 0 radical (unpaired) electrons. The molecule has 0 aliphatic carbocycles. The molecule has 12 heteroatoms. The summed E-state index contributed by atoms with van der Waals surface area (Å²) in [6.45, 7) is 3.94. The van der Waals surface area contributed by atoms with E-state index in [1.807, 2.05) is 36.6 Å². The third-order valence-corrected chi connectivity index (χ3v) is 9.10. The van der Waals surface area contributed by atoms with Crippen LogP contribution in [-0.4, -0.2) is 53.2 Å². The van der Waals surface area contributed by atoms with Crippen molar-refractivity contribution in [1.29, 1.82) is 0 Å². The number of nitrogens with one attached hydrogen (secondary N) is 1. The summed E-state index contributed by atoms with van der Waals surface area (Å²) in [5.41, 5.74) is 3.71. The predicted octanol–water partition coefficient (Wildman–Crippen LogP) is 5.84. The fourth-order valence-corrected chi connectivity index (χ4v) is 6.02. The number of anilines is 1. The Morgan fingerprint density at radius 1 is 0.974 bits per heavy atom. The molecule has 0 bridgehead atoms. The van der Waals surface area contributed by atoms with E-state index < -0.39 is 10.0 Å². The van der Waals surface area contributed by atoms with E-state index in [1.54, 1.807) is 42.5 Å². The molecule has 0 saturated heterocycles. The van der Waals surface area contributed by atoms with Crippen molar-refractivity contribution in [1.82, 2.24) is 19.1 Å². The number of nitrogens with zero attached hydrogens (tertiary/aromatic N) is 4. The number of para-hydroxylation sites is 2. The van der Waals surface area contributed by atoms with Crippen LogP contribution in [0.25, 0.3) is 17.1 Å². The second-order valence-corrected chi connectivity index (χ2v) is 12.5. The average Bonchev–Trinajstić information content (AvgIpc) is 3.28. The van der Waals surface area contributed by atoms with Gasteiger partial charge in [0.25, 0.3) is 0 Å². The molecular weight excluding hydrogens is 565 g/mol. The second-order valence-electron chi connectivity index (χ2n) is 8.63. The van der Waals surface area contributed by atoms with Gasteiger partial charge in [0.05, 0.1) is 32.1 Å². The van der Waals surface area contributed by atoms with Crippen LogP contribution in [0.5, 0.6) is 0 Å². The van der Waals surface area contributed by atoms with E-state index in [-0.39, 0.29) is 16.6 Å². The Balaban J connectivity index is 1.74. The topological polar surface area (TPSA) is 97.2 Å². The van der Waals surface area contributed by atoms with Gasteiger partial charge in [0, 0.05) is 19.7 Å². The fourth-order valence-electron chi connectivity index (χ4n) is 3.84. The van der Waals surface area contributed by atoms with Crippen LogP contribution in [0, 0.1) is 13.8 Å². The minimum absolute atomic E-state index is 0.0136. The molecule has 1 aromatic heterocycles. The summed E-state index contributed by atoms with van der Waals surface area (Å²) < 4.78 is 28.6. The highest BCUT2D eigenvalue weighted by molar-refractivity contribution is 7.99. The molecule has 0 unspecified atom stereocenters. The first-order valence-corrected chi connectivity index (χ1v) is 14.6. The number of hydrogen-bond donors (Lipinski definition) is 1. The van der Waals surface area contributed by atoms with Gasteiger partial charge >= 0.3 is 0 Å². The molecule has 198 valence electrons. The minimum Gasteiger partial charge on any atom is -0.323 e. The molecule has 0 atom stereocenters. The second kappa shape index (κ2) is 11.5. The van der Waals surface area contributed by atoms with Gasteiger partial charge in [-0.25, -0.2) is 12.7 Å². The Morgan fingerprint density at radius 2 is 1.58 bits per heavy atom. The lowest BCUT2D eigenvalue weighted by atomic mass is 10.1. The highest BCUT2D eigenvalue weighted by Crippen LogP contribution is 2.33. The number of carbonyl (C=O) groups is 1. The molecule has 0 aliphatic rings. The molecule has 1 amide bonds. The normalized spacial score (nSPS) is 11.7. The van der Waals surface area contributed by atoms with Crippen LogP contribution in [0.2, 0.25) is 10.0 Å². The SMILES string of the molecule is Cc1cccc(C)c1-n1c(SCC(=O)Nc2c(Cl)cccc2Cl)nnc1-c1cccc(S(=O)(=O)N(C)C)c1. The van der Waals surface area contributed by atoms with Crippen molar-refractivity contribution in [2.45, 2.75) is 23.9 Å². The van der Waals surface area contributed by atoms with Crippen LogP contribution in [0.4, 0.5) is 5.69 Å². The van der Waals surface area contributed by atoms with Crippen LogP contribution >= 0.6 is 35.0 Å². The van der Waals surface area contributed by atoms with Crippen LogP contribution in [-0.2, 0) is 14.8 Å². The van der Waals surface area contributed by atoms with E-state index in [1.165, 1.54) is 25.9 Å². The quantitative estimate of drug-likeness (QED) is 0.259.